The van der Waals surface area contributed by atoms with Gasteiger partial charge < -0.3 is 4.79 Å². The van der Waals surface area contributed by atoms with E-state index in [4.69, 9.17) is 0 Å². The van der Waals surface area contributed by atoms with E-state index >= 15 is 0 Å². The number of unbranched alkanes of at least 4 members (excludes halogenated alkanes) is 2. The normalized spacial score (nSPS) is 12.7. The second-order valence-corrected chi connectivity index (χ2v) is 4.94. The molecular weight excluding hydrogens is 204 g/mol. The third kappa shape index (κ3) is 4.61. The van der Waals surface area contributed by atoms with E-state index in [9.17, 15) is 4.79 Å². The zero-order chi connectivity index (χ0) is 11.1. The highest BCUT2D eigenvalue weighted by molar-refractivity contribution is 7.07. The second-order valence-electron chi connectivity index (χ2n) is 4.16. The minimum Gasteiger partial charge on any atom is -0.300 e. The van der Waals surface area contributed by atoms with Gasteiger partial charge in [-0.3, -0.25) is 0 Å². The van der Waals surface area contributed by atoms with Crippen LogP contribution in [-0.4, -0.2) is 5.78 Å². The van der Waals surface area contributed by atoms with Gasteiger partial charge in [0.25, 0.3) is 0 Å². The fourth-order valence-electron chi connectivity index (χ4n) is 1.88. The minimum absolute atomic E-state index is 0.308. The molecule has 0 spiro atoms. The molecule has 2 heteroatoms. The van der Waals surface area contributed by atoms with Crippen molar-refractivity contribution < 1.29 is 4.79 Å². The summed E-state index contributed by atoms with van der Waals surface area (Å²) >= 11 is 1.72. The summed E-state index contributed by atoms with van der Waals surface area (Å²) in [6.45, 7) is 3.91. The molecule has 1 unspecified atom stereocenters. The molecule has 1 aromatic rings. The Morgan fingerprint density at radius 1 is 1.47 bits per heavy atom. The second kappa shape index (κ2) is 6.78. The Hall–Kier alpha value is -0.630. The third-order valence-corrected chi connectivity index (χ3v) is 3.41. The number of carbonyl (C=O) groups excluding carboxylic acids is 1. The van der Waals surface area contributed by atoms with Gasteiger partial charge in [0.2, 0.25) is 0 Å². The quantitative estimate of drug-likeness (QED) is 0.628. The Labute approximate surface area is 96.5 Å². The summed E-state index contributed by atoms with van der Waals surface area (Å²) in [5.41, 5.74) is 1.35. The number of Topliss-reactive ketones (excluding diaryl/α,β-unsaturated/α-hetero) is 1. The lowest BCUT2D eigenvalue weighted by atomic mass is 9.91. The van der Waals surface area contributed by atoms with Crippen molar-refractivity contribution in [1.29, 1.82) is 0 Å². The highest BCUT2D eigenvalue weighted by Crippen LogP contribution is 2.27. The van der Waals surface area contributed by atoms with Crippen LogP contribution in [0.25, 0.3) is 0 Å². The van der Waals surface area contributed by atoms with Crippen LogP contribution >= 0.6 is 11.3 Å². The first-order valence-electron chi connectivity index (χ1n) is 5.75. The van der Waals surface area contributed by atoms with Crippen LogP contribution in [0.4, 0.5) is 0 Å². The van der Waals surface area contributed by atoms with Gasteiger partial charge >= 0.3 is 0 Å². The van der Waals surface area contributed by atoms with Crippen molar-refractivity contribution in [2.75, 3.05) is 0 Å². The van der Waals surface area contributed by atoms with Gasteiger partial charge in [-0.05, 0) is 41.7 Å². The molecule has 0 saturated carbocycles. The Morgan fingerprint density at radius 2 is 2.27 bits per heavy atom. The van der Waals surface area contributed by atoms with Gasteiger partial charge in [0.05, 0.1) is 0 Å². The predicted octanol–water partition coefficient (Wildman–Crippen LogP) is 4.39. The van der Waals surface area contributed by atoms with Crippen molar-refractivity contribution in [1.82, 2.24) is 0 Å². The van der Waals surface area contributed by atoms with Crippen LogP contribution < -0.4 is 0 Å². The third-order valence-electron chi connectivity index (χ3n) is 2.70. The lowest BCUT2D eigenvalue weighted by molar-refractivity contribution is -0.117. The van der Waals surface area contributed by atoms with E-state index in [1.807, 2.05) is 0 Å². The average molecular weight is 224 g/mol. The van der Waals surface area contributed by atoms with E-state index in [1.54, 1.807) is 18.3 Å². The van der Waals surface area contributed by atoms with Crippen molar-refractivity contribution in [2.45, 2.75) is 51.9 Å². The molecule has 0 aliphatic heterocycles. The van der Waals surface area contributed by atoms with Crippen LogP contribution in [-0.2, 0) is 4.79 Å². The molecule has 0 N–H and O–H groups in total. The Bertz CT molecular complexity index is 277. The summed E-state index contributed by atoms with van der Waals surface area (Å²) in [7, 11) is 0. The summed E-state index contributed by atoms with van der Waals surface area (Å²) in [6, 6.07) is 2.16. The first kappa shape index (κ1) is 12.4. The monoisotopic (exact) mass is 224 g/mol. The maximum atomic E-state index is 11.2. The lowest BCUT2D eigenvalue weighted by Crippen LogP contribution is -2.03. The summed E-state index contributed by atoms with van der Waals surface area (Å²) < 4.78 is 0. The number of ketones is 1. The Morgan fingerprint density at radius 3 is 2.80 bits per heavy atom. The number of carbonyl (C=O) groups is 1. The molecule has 0 aromatic carbocycles. The lowest BCUT2D eigenvalue weighted by Gasteiger charge is -2.13. The maximum absolute atomic E-state index is 11.2. The smallest absolute Gasteiger partial charge is 0.130 e. The average Bonchev–Trinajstić information content (AvgIpc) is 2.68. The molecule has 1 atom stereocenters. The van der Waals surface area contributed by atoms with Crippen LogP contribution in [0.15, 0.2) is 16.8 Å². The molecule has 0 fully saturated rings. The van der Waals surface area contributed by atoms with Gasteiger partial charge in [0, 0.05) is 6.42 Å². The zero-order valence-corrected chi connectivity index (χ0v) is 10.5. The van der Waals surface area contributed by atoms with Crippen LogP contribution in [0.1, 0.15) is 57.4 Å². The number of hydrogen-bond donors (Lipinski definition) is 0. The molecule has 0 aliphatic rings. The van der Waals surface area contributed by atoms with E-state index in [0.717, 1.165) is 6.42 Å². The van der Waals surface area contributed by atoms with Crippen molar-refractivity contribution in [3.05, 3.63) is 22.4 Å². The van der Waals surface area contributed by atoms with Gasteiger partial charge in [-0.1, -0.05) is 26.2 Å². The van der Waals surface area contributed by atoms with Crippen LogP contribution in [0, 0.1) is 0 Å². The highest BCUT2D eigenvalue weighted by Gasteiger charge is 2.13. The van der Waals surface area contributed by atoms with Crippen molar-refractivity contribution >= 4 is 17.1 Å². The SMILES string of the molecule is CCCCCC(CC(C)=O)c1ccsc1. The fraction of sp³-hybridized carbons (Fsp3) is 0.615. The van der Waals surface area contributed by atoms with Crippen LogP contribution in [0.3, 0.4) is 0 Å². The van der Waals surface area contributed by atoms with Gasteiger partial charge in [-0.2, -0.15) is 11.3 Å². The standard InChI is InChI=1S/C13H20OS/c1-3-4-5-6-12(9-11(2)14)13-7-8-15-10-13/h7-8,10,12H,3-6,9H2,1-2H3. The topological polar surface area (TPSA) is 17.1 Å². The molecular formula is C13H20OS. The van der Waals surface area contributed by atoms with Crippen LogP contribution in [0.2, 0.25) is 0 Å². The molecule has 0 radical (unpaired) electrons. The number of thiophene rings is 1. The molecule has 15 heavy (non-hydrogen) atoms. The molecule has 1 heterocycles. The maximum Gasteiger partial charge on any atom is 0.130 e. The first-order valence-corrected chi connectivity index (χ1v) is 6.69. The largest absolute Gasteiger partial charge is 0.300 e. The van der Waals surface area contributed by atoms with Crippen molar-refractivity contribution in [2.24, 2.45) is 0 Å². The first-order chi connectivity index (χ1) is 7.24. The molecule has 0 saturated heterocycles. The molecule has 1 nitrogen and oxygen atoms in total. The Balaban J connectivity index is 2.50. The van der Waals surface area contributed by atoms with Crippen molar-refractivity contribution in [3.8, 4) is 0 Å². The van der Waals surface area contributed by atoms with E-state index in [1.165, 1.54) is 24.8 Å². The van der Waals surface area contributed by atoms with Gasteiger partial charge in [0.1, 0.15) is 5.78 Å². The van der Waals surface area contributed by atoms with E-state index in [-0.39, 0.29) is 0 Å². The number of rotatable bonds is 7. The van der Waals surface area contributed by atoms with E-state index in [0.29, 0.717) is 18.1 Å². The highest BCUT2D eigenvalue weighted by atomic mass is 32.1. The van der Waals surface area contributed by atoms with E-state index in [2.05, 4.69) is 23.8 Å². The van der Waals surface area contributed by atoms with Crippen LogP contribution in [0.5, 0.6) is 0 Å². The van der Waals surface area contributed by atoms with Gasteiger partial charge in [0.15, 0.2) is 0 Å². The van der Waals surface area contributed by atoms with E-state index < -0.39 is 0 Å². The number of hydrogen-bond acceptors (Lipinski definition) is 2. The van der Waals surface area contributed by atoms with Crippen molar-refractivity contribution in [3.63, 3.8) is 0 Å². The molecule has 0 bridgehead atoms. The molecule has 84 valence electrons. The Kier molecular flexibility index (Phi) is 5.62. The molecule has 0 amide bonds. The summed E-state index contributed by atoms with van der Waals surface area (Å²) in [5, 5.41) is 4.28. The summed E-state index contributed by atoms with van der Waals surface area (Å²) in [6.07, 6.45) is 5.63. The summed E-state index contributed by atoms with van der Waals surface area (Å²) in [4.78, 5) is 11.2. The van der Waals surface area contributed by atoms with Gasteiger partial charge in [-0.25, -0.2) is 0 Å². The predicted molar refractivity (Wildman–Crippen MR) is 66.5 cm³/mol. The zero-order valence-electron chi connectivity index (χ0n) is 9.66. The molecule has 0 aliphatic carbocycles. The van der Waals surface area contributed by atoms with Gasteiger partial charge in [-0.15, -0.1) is 0 Å². The fourth-order valence-corrected chi connectivity index (χ4v) is 2.62. The molecule has 1 rings (SSSR count). The minimum atomic E-state index is 0.308. The summed E-state index contributed by atoms with van der Waals surface area (Å²) in [5.74, 6) is 0.767. The molecule has 1 aromatic heterocycles.